The number of pyridine rings is 1. The fourth-order valence-corrected chi connectivity index (χ4v) is 2.26. The predicted molar refractivity (Wildman–Crippen MR) is 72.5 cm³/mol. The van der Waals surface area contributed by atoms with E-state index in [2.05, 4.69) is 20.9 Å². The number of rotatable bonds is 3. The number of halogens is 1. The minimum atomic E-state index is 0.0306. The molecule has 0 spiro atoms. The average molecular weight is 293 g/mol. The molecule has 1 aromatic carbocycles. The van der Waals surface area contributed by atoms with Crippen LogP contribution in [0.2, 0.25) is 0 Å². The lowest BCUT2D eigenvalue weighted by Crippen LogP contribution is -2.28. The van der Waals surface area contributed by atoms with Crippen LogP contribution in [-0.4, -0.2) is 34.7 Å². The number of fused-ring (bicyclic) bond motifs is 1. The Morgan fingerprint density at radius 2 is 2.18 bits per heavy atom. The second-order valence-electron chi connectivity index (χ2n) is 3.79. The topological polar surface area (TPSA) is 33.2 Å². The maximum Gasteiger partial charge on any atom is 0.254 e. The Kier molecular flexibility index (Phi) is 3.74. The smallest absolute Gasteiger partial charge is 0.254 e. The van der Waals surface area contributed by atoms with Gasteiger partial charge in [0.25, 0.3) is 5.91 Å². The normalized spacial score (nSPS) is 10.5. The van der Waals surface area contributed by atoms with Crippen molar-refractivity contribution in [1.82, 2.24) is 9.88 Å². The molecule has 0 saturated heterocycles. The van der Waals surface area contributed by atoms with Gasteiger partial charge in [-0.3, -0.25) is 9.78 Å². The minimum absolute atomic E-state index is 0.0306. The Morgan fingerprint density at radius 3 is 2.94 bits per heavy atom. The Morgan fingerprint density at radius 1 is 1.35 bits per heavy atom. The van der Waals surface area contributed by atoms with Crippen LogP contribution < -0.4 is 0 Å². The molecule has 1 heterocycles. The largest absolute Gasteiger partial charge is 0.341 e. The van der Waals surface area contributed by atoms with Gasteiger partial charge < -0.3 is 4.90 Å². The summed E-state index contributed by atoms with van der Waals surface area (Å²) in [6.07, 6.45) is 1.73. The molecule has 1 amide bonds. The Hall–Kier alpha value is -1.42. The quantitative estimate of drug-likeness (QED) is 0.815. The fraction of sp³-hybridized carbons (Fsp3) is 0.231. The van der Waals surface area contributed by atoms with E-state index in [1.807, 2.05) is 30.3 Å². The van der Waals surface area contributed by atoms with Gasteiger partial charge in [0.1, 0.15) is 0 Å². The first-order valence-electron chi connectivity index (χ1n) is 5.39. The Labute approximate surface area is 109 Å². The predicted octanol–water partition coefficient (Wildman–Crippen LogP) is 2.70. The van der Waals surface area contributed by atoms with Gasteiger partial charge in [-0.1, -0.05) is 28.1 Å². The number of nitrogens with zero attached hydrogens (tertiary/aromatic N) is 2. The Bertz CT molecular complexity index is 536. The molecule has 4 heteroatoms. The van der Waals surface area contributed by atoms with Crippen molar-refractivity contribution in [3.8, 4) is 0 Å². The lowest BCUT2D eigenvalue weighted by molar-refractivity contribution is 0.0806. The maximum absolute atomic E-state index is 12.2. The maximum atomic E-state index is 12.2. The molecule has 2 rings (SSSR count). The lowest BCUT2D eigenvalue weighted by atomic mass is 10.1. The fourth-order valence-electron chi connectivity index (χ4n) is 1.72. The van der Waals surface area contributed by atoms with Gasteiger partial charge in [-0.15, -0.1) is 0 Å². The van der Waals surface area contributed by atoms with E-state index in [4.69, 9.17) is 0 Å². The molecule has 0 fully saturated rings. The van der Waals surface area contributed by atoms with Crippen molar-refractivity contribution in [1.29, 1.82) is 0 Å². The van der Waals surface area contributed by atoms with Crippen LogP contribution in [0.1, 0.15) is 10.4 Å². The second-order valence-corrected chi connectivity index (χ2v) is 4.58. The van der Waals surface area contributed by atoms with E-state index < -0.39 is 0 Å². The van der Waals surface area contributed by atoms with E-state index in [0.29, 0.717) is 12.1 Å². The molecule has 0 aliphatic carbocycles. The first-order chi connectivity index (χ1) is 8.24. The molecule has 17 heavy (non-hydrogen) atoms. The van der Waals surface area contributed by atoms with Crippen LogP contribution >= 0.6 is 15.9 Å². The standard InChI is InChI=1S/C13H13BrN2O/c1-16(9-7-14)13(17)11-4-2-6-12-10(11)5-3-8-15-12/h2-6,8H,7,9H2,1H3. The van der Waals surface area contributed by atoms with Gasteiger partial charge in [-0.25, -0.2) is 0 Å². The molecular formula is C13H13BrN2O. The van der Waals surface area contributed by atoms with E-state index in [1.165, 1.54) is 0 Å². The van der Waals surface area contributed by atoms with E-state index in [1.54, 1.807) is 18.1 Å². The molecule has 0 aliphatic rings. The summed E-state index contributed by atoms with van der Waals surface area (Å²) < 4.78 is 0. The molecule has 0 saturated carbocycles. The van der Waals surface area contributed by atoms with Crippen molar-refractivity contribution < 1.29 is 4.79 Å². The summed E-state index contributed by atoms with van der Waals surface area (Å²) in [6, 6.07) is 9.40. The summed E-state index contributed by atoms with van der Waals surface area (Å²) in [5.74, 6) is 0.0306. The van der Waals surface area contributed by atoms with Crippen molar-refractivity contribution >= 4 is 32.7 Å². The molecule has 88 valence electrons. The highest BCUT2D eigenvalue weighted by molar-refractivity contribution is 9.09. The molecule has 0 radical (unpaired) electrons. The van der Waals surface area contributed by atoms with E-state index in [0.717, 1.165) is 16.2 Å². The number of benzene rings is 1. The molecule has 2 aromatic rings. The van der Waals surface area contributed by atoms with E-state index >= 15 is 0 Å². The van der Waals surface area contributed by atoms with Crippen LogP contribution in [0.4, 0.5) is 0 Å². The monoisotopic (exact) mass is 292 g/mol. The van der Waals surface area contributed by atoms with Crippen LogP contribution in [0.15, 0.2) is 36.5 Å². The second kappa shape index (κ2) is 5.27. The van der Waals surface area contributed by atoms with Crippen LogP contribution in [0.5, 0.6) is 0 Å². The molecule has 0 bridgehead atoms. The molecule has 0 aliphatic heterocycles. The van der Waals surface area contributed by atoms with Crippen LogP contribution in [0, 0.1) is 0 Å². The minimum Gasteiger partial charge on any atom is -0.341 e. The van der Waals surface area contributed by atoms with Gasteiger partial charge in [0, 0.05) is 36.1 Å². The number of aromatic nitrogens is 1. The Balaban J connectivity index is 2.45. The van der Waals surface area contributed by atoms with Crippen molar-refractivity contribution in [3.63, 3.8) is 0 Å². The van der Waals surface area contributed by atoms with Crippen molar-refractivity contribution in [2.75, 3.05) is 18.9 Å². The zero-order valence-electron chi connectivity index (χ0n) is 9.56. The third-order valence-corrected chi connectivity index (χ3v) is 3.00. The summed E-state index contributed by atoms with van der Waals surface area (Å²) >= 11 is 3.33. The molecule has 0 N–H and O–H groups in total. The lowest BCUT2D eigenvalue weighted by Gasteiger charge is -2.16. The number of carbonyl (C=O) groups excluding carboxylic acids is 1. The van der Waals surface area contributed by atoms with E-state index in [-0.39, 0.29) is 5.91 Å². The summed E-state index contributed by atoms with van der Waals surface area (Å²) in [6.45, 7) is 0.690. The summed E-state index contributed by atoms with van der Waals surface area (Å²) in [7, 11) is 1.80. The highest BCUT2D eigenvalue weighted by Gasteiger charge is 2.13. The first-order valence-corrected chi connectivity index (χ1v) is 6.51. The number of carbonyl (C=O) groups is 1. The number of alkyl halides is 1. The van der Waals surface area contributed by atoms with Crippen LogP contribution in [0.25, 0.3) is 10.9 Å². The van der Waals surface area contributed by atoms with Crippen LogP contribution in [-0.2, 0) is 0 Å². The van der Waals surface area contributed by atoms with Gasteiger partial charge in [0.15, 0.2) is 0 Å². The van der Waals surface area contributed by atoms with Crippen molar-refractivity contribution in [2.45, 2.75) is 0 Å². The van der Waals surface area contributed by atoms with Gasteiger partial charge >= 0.3 is 0 Å². The average Bonchev–Trinajstić information content (AvgIpc) is 2.37. The third kappa shape index (κ3) is 2.47. The zero-order chi connectivity index (χ0) is 12.3. The highest BCUT2D eigenvalue weighted by atomic mass is 79.9. The zero-order valence-corrected chi connectivity index (χ0v) is 11.1. The summed E-state index contributed by atoms with van der Waals surface area (Å²) in [4.78, 5) is 18.2. The first kappa shape index (κ1) is 12.0. The highest BCUT2D eigenvalue weighted by Crippen LogP contribution is 2.17. The molecule has 1 aromatic heterocycles. The van der Waals surface area contributed by atoms with Crippen LogP contribution in [0.3, 0.4) is 0 Å². The van der Waals surface area contributed by atoms with Gasteiger partial charge in [-0.05, 0) is 18.2 Å². The SMILES string of the molecule is CN(CCBr)C(=O)c1cccc2ncccc12. The number of hydrogen-bond acceptors (Lipinski definition) is 2. The molecule has 0 unspecified atom stereocenters. The third-order valence-electron chi connectivity index (χ3n) is 2.64. The molecular weight excluding hydrogens is 280 g/mol. The van der Waals surface area contributed by atoms with Gasteiger partial charge in [0.05, 0.1) is 5.52 Å². The summed E-state index contributed by atoms with van der Waals surface area (Å²) in [5, 5.41) is 1.68. The van der Waals surface area contributed by atoms with Gasteiger partial charge in [-0.2, -0.15) is 0 Å². The summed E-state index contributed by atoms with van der Waals surface area (Å²) in [5.41, 5.74) is 1.56. The number of hydrogen-bond donors (Lipinski definition) is 0. The molecule has 3 nitrogen and oxygen atoms in total. The van der Waals surface area contributed by atoms with Crippen molar-refractivity contribution in [3.05, 3.63) is 42.1 Å². The molecule has 0 atom stereocenters. The van der Waals surface area contributed by atoms with Crippen molar-refractivity contribution in [2.24, 2.45) is 0 Å². The number of amides is 1. The van der Waals surface area contributed by atoms with E-state index in [9.17, 15) is 4.79 Å². The van der Waals surface area contributed by atoms with Gasteiger partial charge in [0.2, 0.25) is 0 Å².